The van der Waals surface area contributed by atoms with Crippen molar-refractivity contribution in [2.75, 3.05) is 13.1 Å². The molecule has 15 N–H and O–H groups in total. The number of hydrogen-bond acceptors (Lipinski definition) is 8. The van der Waals surface area contributed by atoms with Crippen LogP contribution in [0.1, 0.15) is 52.4 Å². The van der Waals surface area contributed by atoms with Crippen molar-refractivity contribution in [1.29, 1.82) is 0 Å². The van der Waals surface area contributed by atoms with Gasteiger partial charge < -0.3 is 54.8 Å². The number of aliphatic imine (C=N–C) groups is 2. The summed E-state index contributed by atoms with van der Waals surface area (Å²) in [6.07, 6.45) is 0.110. The third-order valence-corrected chi connectivity index (χ3v) is 5.22. The number of nitrogens with one attached hydrogen (secondary N) is 3. The second kappa shape index (κ2) is 18.2. The third-order valence-electron chi connectivity index (χ3n) is 5.22. The number of hydrogen-bond donors (Lipinski definition) is 10. The van der Waals surface area contributed by atoms with Crippen molar-refractivity contribution in [1.82, 2.24) is 16.0 Å². The van der Waals surface area contributed by atoms with Gasteiger partial charge in [-0.1, -0.05) is 13.8 Å². The van der Waals surface area contributed by atoms with E-state index < -0.39 is 60.2 Å². The van der Waals surface area contributed by atoms with E-state index in [4.69, 9.17) is 28.7 Å². The molecule has 3 amide bonds. The molecule has 0 aliphatic carbocycles. The number of guanidine groups is 2. The Morgan fingerprint density at radius 2 is 1.18 bits per heavy atom. The number of carbonyl (C=O) groups is 5. The van der Waals surface area contributed by atoms with Crippen LogP contribution in [0.3, 0.4) is 0 Å². The Bertz CT molecular complexity index is 902. The van der Waals surface area contributed by atoms with Gasteiger partial charge in [0.25, 0.3) is 0 Å². The summed E-state index contributed by atoms with van der Waals surface area (Å²) in [5.41, 5.74) is 26.8. The first kappa shape index (κ1) is 34.9. The van der Waals surface area contributed by atoms with Crippen molar-refractivity contribution < 1.29 is 34.2 Å². The molecule has 0 aliphatic rings. The number of carboxylic acid groups (broad SMARTS) is 2. The molecule has 4 atom stereocenters. The zero-order valence-electron chi connectivity index (χ0n) is 22.3. The highest BCUT2D eigenvalue weighted by atomic mass is 16.4. The molecule has 17 heteroatoms. The molecule has 17 nitrogen and oxygen atoms in total. The van der Waals surface area contributed by atoms with Crippen molar-refractivity contribution in [3.8, 4) is 0 Å². The third kappa shape index (κ3) is 16.3. The van der Waals surface area contributed by atoms with E-state index >= 15 is 0 Å². The molecular formula is C22H42N10O7. The van der Waals surface area contributed by atoms with Crippen molar-refractivity contribution in [2.24, 2.45) is 44.6 Å². The van der Waals surface area contributed by atoms with E-state index in [1.165, 1.54) is 0 Å². The molecule has 222 valence electrons. The van der Waals surface area contributed by atoms with E-state index in [1.54, 1.807) is 13.8 Å². The van der Waals surface area contributed by atoms with Crippen molar-refractivity contribution in [2.45, 2.75) is 76.5 Å². The van der Waals surface area contributed by atoms with Crippen LogP contribution in [0.4, 0.5) is 0 Å². The molecule has 4 unspecified atom stereocenters. The van der Waals surface area contributed by atoms with Crippen LogP contribution in [-0.4, -0.2) is 89.0 Å². The minimum atomic E-state index is -1.55. The lowest BCUT2D eigenvalue weighted by atomic mass is 10.0. The van der Waals surface area contributed by atoms with Gasteiger partial charge in [-0.15, -0.1) is 0 Å². The van der Waals surface area contributed by atoms with Gasteiger partial charge in [-0.2, -0.15) is 0 Å². The molecule has 0 aromatic heterocycles. The summed E-state index contributed by atoms with van der Waals surface area (Å²) in [6, 6.07) is -5.12. The summed E-state index contributed by atoms with van der Waals surface area (Å²) in [4.78, 5) is 68.9. The molecular weight excluding hydrogens is 516 g/mol. The van der Waals surface area contributed by atoms with Crippen LogP contribution in [0.25, 0.3) is 0 Å². The predicted molar refractivity (Wildman–Crippen MR) is 143 cm³/mol. The maximum atomic E-state index is 13.0. The van der Waals surface area contributed by atoms with Gasteiger partial charge in [0.1, 0.15) is 18.1 Å². The van der Waals surface area contributed by atoms with Gasteiger partial charge in [-0.3, -0.25) is 29.2 Å². The van der Waals surface area contributed by atoms with Crippen LogP contribution in [0.5, 0.6) is 0 Å². The number of nitrogens with two attached hydrogens (primary N) is 5. The van der Waals surface area contributed by atoms with Crippen LogP contribution < -0.4 is 44.6 Å². The smallest absolute Gasteiger partial charge is 0.326 e. The first-order valence-corrected chi connectivity index (χ1v) is 12.4. The summed E-state index contributed by atoms with van der Waals surface area (Å²) in [6.45, 7) is 3.92. The molecule has 0 saturated carbocycles. The number of nitrogens with zero attached hydrogens (tertiary/aromatic N) is 2. The minimum Gasteiger partial charge on any atom is -0.481 e. The van der Waals surface area contributed by atoms with Gasteiger partial charge >= 0.3 is 11.9 Å². The van der Waals surface area contributed by atoms with Gasteiger partial charge in [0.05, 0.1) is 12.5 Å². The number of carbonyl (C=O) groups excluding carboxylic acids is 3. The summed E-state index contributed by atoms with van der Waals surface area (Å²) in [5, 5.41) is 25.8. The van der Waals surface area contributed by atoms with E-state index in [0.717, 1.165) is 0 Å². The molecule has 0 saturated heterocycles. The fourth-order valence-corrected chi connectivity index (χ4v) is 3.32. The Hall–Kier alpha value is -4.15. The van der Waals surface area contributed by atoms with Crippen molar-refractivity contribution in [3.63, 3.8) is 0 Å². The molecule has 0 aliphatic heterocycles. The second-order valence-electron chi connectivity index (χ2n) is 9.25. The molecule has 0 heterocycles. The van der Waals surface area contributed by atoms with Crippen LogP contribution >= 0.6 is 0 Å². The maximum absolute atomic E-state index is 13.0. The van der Waals surface area contributed by atoms with E-state index in [2.05, 4.69) is 25.9 Å². The van der Waals surface area contributed by atoms with E-state index in [1.807, 2.05) is 0 Å². The van der Waals surface area contributed by atoms with E-state index in [9.17, 15) is 34.2 Å². The Balaban J connectivity index is 5.43. The number of rotatable bonds is 19. The fraction of sp³-hybridized carbons (Fsp3) is 0.682. The SMILES string of the molecule is CC(C)CC(NC(=O)C(CC(=O)O)NC(=O)C(N)CCCN=C(N)N)C(=O)NC(CCCN=C(N)N)C(=O)O. The number of aliphatic carboxylic acids is 2. The van der Waals surface area contributed by atoms with Crippen molar-refractivity contribution in [3.05, 3.63) is 0 Å². The van der Waals surface area contributed by atoms with Crippen LogP contribution in [-0.2, 0) is 24.0 Å². The summed E-state index contributed by atoms with van der Waals surface area (Å²) in [7, 11) is 0. The number of carboxylic acids is 2. The Morgan fingerprint density at radius 3 is 1.64 bits per heavy atom. The highest BCUT2D eigenvalue weighted by Crippen LogP contribution is 2.08. The lowest BCUT2D eigenvalue weighted by Crippen LogP contribution is -2.57. The Kier molecular flexibility index (Phi) is 16.2. The predicted octanol–water partition coefficient (Wildman–Crippen LogP) is -3.52. The molecule has 0 rings (SSSR count). The molecule has 0 bridgehead atoms. The largest absolute Gasteiger partial charge is 0.481 e. The molecule has 0 aromatic carbocycles. The van der Waals surface area contributed by atoms with Gasteiger partial charge in [0.2, 0.25) is 17.7 Å². The monoisotopic (exact) mass is 558 g/mol. The maximum Gasteiger partial charge on any atom is 0.326 e. The quantitative estimate of drug-likeness (QED) is 0.0419. The Morgan fingerprint density at radius 1 is 0.718 bits per heavy atom. The van der Waals surface area contributed by atoms with Crippen LogP contribution in [0.15, 0.2) is 9.98 Å². The Labute approximate surface area is 226 Å². The first-order valence-electron chi connectivity index (χ1n) is 12.4. The van der Waals surface area contributed by atoms with Gasteiger partial charge in [-0.05, 0) is 38.0 Å². The van der Waals surface area contributed by atoms with E-state index in [-0.39, 0.29) is 56.6 Å². The lowest BCUT2D eigenvalue weighted by molar-refractivity contribution is -0.143. The lowest BCUT2D eigenvalue weighted by Gasteiger charge is -2.25. The minimum absolute atomic E-state index is 0.0129. The average Bonchev–Trinajstić information content (AvgIpc) is 2.81. The molecule has 0 aromatic rings. The van der Waals surface area contributed by atoms with Gasteiger partial charge in [0, 0.05) is 13.1 Å². The number of amides is 3. The standard InChI is InChI=1S/C22H42N10O7/c1-11(2)9-14(18(36)30-13(20(38)39)6-4-8-29-22(26)27)32-19(37)15(10-16(33)34)31-17(35)12(23)5-3-7-28-21(24)25/h11-15H,3-10,23H2,1-2H3,(H,30,36)(H,31,35)(H,32,37)(H,33,34)(H,38,39)(H4,24,25,28)(H4,26,27,29). The highest BCUT2D eigenvalue weighted by Gasteiger charge is 2.31. The molecule has 39 heavy (non-hydrogen) atoms. The molecule has 0 fully saturated rings. The normalized spacial score (nSPS) is 13.7. The van der Waals surface area contributed by atoms with Crippen LogP contribution in [0.2, 0.25) is 0 Å². The van der Waals surface area contributed by atoms with Gasteiger partial charge in [0.15, 0.2) is 11.9 Å². The highest BCUT2D eigenvalue weighted by molar-refractivity contribution is 5.95. The fourth-order valence-electron chi connectivity index (χ4n) is 3.32. The van der Waals surface area contributed by atoms with Crippen molar-refractivity contribution >= 4 is 41.6 Å². The summed E-state index contributed by atoms with van der Waals surface area (Å²) in [5.74, 6) is -5.58. The second-order valence-corrected chi connectivity index (χ2v) is 9.25. The van der Waals surface area contributed by atoms with Gasteiger partial charge in [-0.25, -0.2) is 4.79 Å². The topological polar surface area (TPSA) is 317 Å². The van der Waals surface area contributed by atoms with Crippen LogP contribution in [0, 0.1) is 5.92 Å². The summed E-state index contributed by atoms with van der Waals surface area (Å²) >= 11 is 0. The summed E-state index contributed by atoms with van der Waals surface area (Å²) < 4.78 is 0. The zero-order chi connectivity index (χ0) is 30.1. The molecule has 0 radical (unpaired) electrons. The van der Waals surface area contributed by atoms with E-state index in [0.29, 0.717) is 6.42 Å². The average molecular weight is 559 g/mol. The molecule has 0 spiro atoms. The first-order chi connectivity index (χ1) is 18.1. The zero-order valence-corrected chi connectivity index (χ0v) is 22.3.